The minimum atomic E-state index is -4.90. The van der Waals surface area contributed by atoms with Gasteiger partial charge in [-0.25, -0.2) is 0 Å². The second kappa shape index (κ2) is 5.15. The van der Waals surface area contributed by atoms with Gasteiger partial charge in [0.15, 0.2) is 0 Å². The molecule has 1 aromatic rings. The van der Waals surface area contributed by atoms with E-state index >= 15 is 0 Å². The van der Waals surface area contributed by atoms with E-state index in [0.29, 0.717) is 5.56 Å². The summed E-state index contributed by atoms with van der Waals surface area (Å²) in [6.07, 6.45) is -2.47. The van der Waals surface area contributed by atoms with Crippen molar-refractivity contribution in [2.75, 3.05) is 24.3 Å². The number of nitrogens with zero attached hydrogens (tertiary/aromatic N) is 1. The van der Waals surface area contributed by atoms with Crippen LogP contribution < -0.4 is 10.2 Å². The minimum Gasteiger partial charge on any atom is -0.377 e. The summed E-state index contributed by atoms with van der Waals surface area (Å²) < 4.78 is 43.1. The number of rotatable bonds is 2. The van der Waals surface area contributed by atoms with E-state index in [1.54, 1.807) is 6.07 Å². The molecule has 7 heteroatoms. The van der Waals surface area contributed by atoms with E-state index in [9.17, 15) is 18.0 Å². The zero-order valence-electron chi connectivity index (χ0n) is 12.3. The maximum absolute atomic E-state index is 12.5. The SMILES string of the molecule is CN(C)c1ccc(NC(=O)C(F)(F)F)c2c1CCCC1OC21. The first kappa shape index (κ1) is 15.1. The Balaban J connectivity index is 2.03. The predicted molar refractivity (Wildman–Crippen MR) is 76.0 cm³/mol. The molecule has 0 bridgehead atoms. The molecule has 1 N–H and O–H groups in total. The molecule has 120 valence electrons. The number of amides is 1. The Kier molecular flexibility index (Phi) is 3.55. The standard InChI is InChI=1S/C15H17F3N2O2/c1-20(2)10-7-6-9(19-14(21)15(16,17)18)12-8(10)4-3-5-11-13(12)22-11/h6-7,11,13H,3-5H2,1-2H3,(H,19,21). The van der Waals surface area contributed by atoms with Crippen molar-refractivity contribution in [3.8, 4) is 0 Å². The number of fused-ring (bicyclic) bond motifs is 3. The second-order valence-corrected chi connectivity index (χ2v) is 5.86. The first-order valence-electron chi connectivity index (χ1n) is 7.16. The molecule has 22 heavy (non-hydrogen) atoms. The van der Waals surface area contributed by atoms with Crippen molar-refractivity contribution in [3.05, 3.63) is 23.3 Å². The Morgan fingerprint density at radius 2 is 2.09 bits per heavy atom. The summed E-state index contributed by atoms with van der Waals surface area (Å²) in [6, 6.07) is 3.27. The fraction of sp³-hybridized carbons (Fsp3) is 0.533. The zero-order valence-corrected chi connectivity index (χ0v) is 12.3. The van der Waals surface area contributed by atoms with Gasteiger partial charge in [-0.3, -0.25) is 4.79 Å². The van der Waals surface area contributed by atoms with E-state index in [0.717, 1.165) is 30.5 Å². The number of hydrogen-bond acceptors (Lipinski definition) is 3. The van der Waals surface area contributed by atoms with Crippen LogP contribution in [-0.4, -0.2) is 32.3 Å². The van der Waals surface area contributed by atoms with Gasteiger partial charge in [0.1, 0.15) is 6.10 Å². The van der Waals surface area contributed by atoms with E-state index < -0.39 is 12.1 Å². The molecule has 1 aromatic carbocycles. The molecule has 1 saturated heterocycles. The van der Waals surface area contributed by atoms with Crippen LogP contribution in [0.3, 0.4) is 0 Å². The molecule has 1 fully saturated rings. The van der Waals surface area contributed by atoms with Gasteiger partial charge in [-0.1, -0.05) is 0 Å². The third-order valence-corrected chi connectivity index (χ3v) is 4.10. The van der Waals surface area contributed by atoms with Gasteiger partial charge in [0.2, 0.25) is 0 Å². The first-order valence-corrected chi connectivity index (χ1v) is 7.16. The molecular weight excluding hydrogens is 297 g/mol. The lowest BCUT2D eigenvalue weighted by molar-refractivity contribution is -0.167. The number of carbonyl (C=O) groups is 1. The Labute approximate surface area is 126 Å². The number of anilines is 2. The number of epoxide rings is 1. The van der Waals surface area contributed by atoms with Gasteiger partial charge in [-0.2, -0.15) is 13.2 Å². The second-order valence-electron chi connectivity index (χ2n) is 5.86. The maximum Gasteiger partial charge on any atom is 0.471 e. The van der Waals surface area contributed by atoms with Crippen molar-refractivity contribution < 1.29 is 22.7 Å². The minimum absolute atomic E-state index is 0.0557. The lowest BCUT2D eigenvalue weighted by atomic mass is 9.97. The van der Waals surface area contributed by atoms with Crippen molar-refractivity contribution in [2.45, 2.75) is 37.6 Å². The molecule has 0 saturated carbocycles. The fourth-order valence-electron chi connectivity index (χ4n) is 3.06. The molecule has 2 aliphatic rings. The highest BCUT2D eigenvalue weighted by atomic mass is 19.4. The highest BCUT2D eigenvalue weighted by molar-refractivity contribution is 5.96. The van der Waals surface area contributed by atoms with E-state index in [4.69, 9.17) is 4.74 Å². The van der Waals surface area contributed by atoms with Crippen molar-refractivity contribution >= 4 is 17.3 Å². The van der Waals surface area contributed by atoms with Gasteiger partial charge in [0.05, 0.1) is 6.10 Å². The summed E-state index contributed by atoms with van der Waals surface area (Å²) in [5, 5.41) is 2.00. The van der Waals surface area contributed by atoms with Gasteiger partial charge >= 0.3 is 12.1 Å². The average Bonchev–Trinajstić information content (AvgIpc) is 3.16. The summed E-state index contributed by atoms with van der Waals surface area (Å²) in [4.78, 5) is 13.2. The number of carbonyl (C=O) groups excluding carboxylic acids is 1. The van der Waals surface area contributed by atoms with Crippen LogP contribution in [0, 0.1) is 0 Å². The van der Waals surface area contributed by atoms with Gasteiger partial charge < -0.3 is 15.0 Å². The third-order valence-electron chi connectivity index (χ3n) is 4.10. The molecule has 1 aliphatic carbocycles. The summed E-state index contributed by atoms with van der Waals surface area (Å²) in [5.41, 5.74) is 2.83. The summed E-state index contributed by atoms with van der Waals surface area (Å²) >= 11 is 0. The molecule has 2 atom stereocenters. The smallest absolute Gasteiger partial charge is 0.377 e. The van der Waals surface area contributed by atoms with E-state index in [1.807, 2.05) is 24.3 Å². The van der Waals surface area contributed by atoms with Crippen LogP contribution in [0.25, 0.3) is 0 Å². The van der Waals surface area contributed by atoms with Crippen LogP contribution in [0.5, 0.6) is 0 Å². The molecule has 0 radical (unpaired) electrons. The van der Waals surface area contributed by atoms with E-state index in [-0.39, 0.29) is 17.9 Å². The van der Waals surface area contributed by atoms with Crippen molar-refractivity contribution in [2.24, 2.45) is 0 Å². The number of nitrogens with one attached hydrogen (secondary N) is 1. The molecule has 3 rings (SSSR count). The lowest BCUT2D eigenvalue weighted by Crippen LogP contribution is -2.30. The molecule has 0 aromatic heterocycles. The molecule has 0 spiro atoms. The quantitative estimate of drug-likeness (QED) is 0.854. The number of hydrogen-bond donors (Lipinski definition) is 1. The number of alkyl halides is 3. The molecule has 4 nitrogen and oxygen atoms in total. The molecule has 1 amide bonds. The maximum atomic E-state index is 12.5. The summed E-state index contributed by atoms with van der Waals surface area (Å²) in [5.74, 6) is -1.95. The molecular formula is C15H17F3N2O2. The lowest BCUT2D eigenvalue weighted by Gasteiger charge is -2.22. The zero-order chi connectivity index (χ0) is 16.1. The Morgan fingerprint density at radius 3 is 2.73 bits per heavy atom. The Morgan fingerprint density at radius 1 is 1.36 bits per heavy atom. The molecule has 1 aliphatic heterocycles. The normalized spacial score (nSPS) is 23.1. The first-order chi connectivity index (χ1) is 10.3. The Hall–Kier alpha value is -1.76. The molecule has 2 unspecified atom stereocenters. The highest BCUT2D eigenvalue weighted by Crippen LogP contribution is 2.50. The summed E-state index contributed by atoms with van der Waals surface area (Å²) in [6.45, 7) is 0. The van der Waals surface area contributed by atoms with Crippen molar-refractivity contribution in [1.29, 1.82) is 0 Å². The van der Waals surface area contributed by atoms with Crippen molar-refractivity contribution in [1.82, 2.24) is 0 Å². The van der Waals surface area contributed by atoms with Crippen LogP contribution >= 0.6 is 0 Å². The Bertz CT molecular complexity index is 614. The average molecular weight is 314 g/mol. The topological polar surface area (TPSA) is 44.9 Å². The van der Waals surface area contributed by atoms with E-state index in [2.05, 4.69) is 0 Å². The monoisotopic (exact) mass is 314 g/mol. The number of benzene rings is 1. The number of halogens is 3. The van der Waals surface area contributed by atoms with Crippen LogP contribution in [-0.2, 0) is 16.0 Å². The van der Waals surface area contributed by atoms with Crippen LogP contribution in [0.15, 0.2) is 12.1 Å². The van der Waals surface area contributed by atoms with Crippen LogP contribution in [0.1, 0.15) is 30.1 Å². The van der Waals surface area contributed by atoms with Gasteiger partial charge in [-0.05, 0) is 37.0 Å². The van der Waals surface area contributed by atoms with E-state index in [1.165, 1.54) is 6.07 Å². The third kappa shape index (κ3) is 2.65. The van der Waals surface area contributed by atoms with Crippen LogP contribution in [0.2, 0.25) is 0 Å². The van der Waals surface area contributed by atoms with Gasteiger partial charge in [0, 0.05) is 31.0 Å². The largest absolute Gasteiger partial charge is 0.471 e. The van der Waals surface area contributed by atoms with Crippen molar-refractivity contribution in [3.63, 3.8) is 0 Å². The summed E-state index contributed by atoms with van der Waals surface area (Å²) in [7, 11) is 3.78. The van der Waals surface area contributed by atoms with Gasteiger partial charge in [0.25, 0.3) is 0 Å². The highest BCUT2D eigenvalue weighted by Gasteiger charge is 2.46. The molecule has 1 heterocycles. The predicted octanol–water partition coefficient (Wildman–Crippen LogP) is 3.03. The van der Waals surface area contributed by atoms with Crippen LogP contribution in [0.4, 0.5) is 24.5 Å². The van der Waals surface area contributed by atoms with Gasteiger partial charge in [-0.15, -0.1) is 0 Å². The fourth-order valence-corrected chi connectivity index (χ4v) is 3.06. The number of ether oxygens (including phenoxy) is 1.